The number of likely N-dealkylation sites (N-methyl/N-ethyl adjacent to an activating group) is 1. The third kappa shape index (κ3) is 3.37. The van der Waals surface area contributed by atoms with E-state index in [0.717, 1.165) is 11.6 Å². The standard InChI is InChI=1S/C15H13BrClF2N/c1-20-15(6-9-4-2-3-5-12(9)17)10-7-14(19)11(16)8-13(10)18/h2-5,7-8,15,20H,6H2,1H3. The fourth-order valence-corrected chi connectivity index (χ4v) is 2.58. The van der Waals surface area contributed by atoms with Crippen molar-refractivity contribution in [1.82, 2.24) is 5.32 Å². The molecule has 0 aliphatic carbocycles. The van der Waals surface area contributed by atoms with Gasteiger partial charge < -0.3 is 5.32 Å². The van der Waals surface area contributed by atoms with Gasteiger partial charge in [0.2, 0.25) is 0 Å². The minimum Gasteiger partial charge on any atom is -0.313 e. The first-order chi connectivity index (χ1) is 9.52. The lowest BCUT2D eigenvalue weighted by Crippen LogP contribution is -2.20. The fraction of sp³-hybridized carbons (Fsp3) is 0.200. The molecule has 0 saturated carbocycles. The average molecular weight is 361 g/mol. The first kappa shape index (κ1) is 15.4. The summed E-state index contributed by atoms with van der Waals surface area (Å²) in [4.78, 5) is 0. The van der Waals surface area contributed by atoms with Crippen LogP contribution in [0.5, 0.6) is 0 Å². The monoisotopic (exact) mass is 359 g/mol. The average Bonchev–Trinajstić information content (AvgIpc) is 2.42. The zero-order valence-corrected chi connectivity index (χ0v) is 13.1. The molecule has 0 fully saturated rings. The normalized spacial score (nSPS) is 12.4. The lowest BCUT2D eigenvalue weighted by molar-refractivity contribution is 0.521. The van der Waals surface area contributed by atoms with Crippen LogP contribution in [0.15, 0.2) is 40.9 Å². The van der Waals surface area contributed by atoms with E-state index < -0.39 is 11.6 Å². The predicted octanol–water partition coefficient (Wildman–Crippen LogP) is 4.88. The Morgan fingerprint density at radius 1 is 1.20 bits per heavy atom. The van der Waals surface area contributed by atoms with Gasteiger partial charge in [-0.2, -0.15) is 0 Å². The van der Waals surface area contributed by atoms with Gasteiger partial charge in [-0.1, -0.05) is 29.8 Å². The van der Waals surface area contributed by atoms with E-state index in [9.17, 15) is 8.78 Å². The molecule has 0 aliphatic rings. The van der Waals surface area contributed by atoms with Crippen LogP contribution in [0.3, 0.4) is 0 Å². The van der Waals surface area contributed by atoms with Gasteiger partial charge in [-0.05, 0) is 53.2 Å². The molecule has 0 aromatic heterocycles. The van der Waals surface area contributed by atoms with Crippen molar-refractivity contribution < 1.29 is 8.78 Å². The Morgan fingerprint density at radius 2 is 1.90 bits per heavy atom. The van der Waals surface area contributed by atoms with E-state index in [-0.39, 0.29) is 16.1 Å². The highest BCUT2D eigenvalue weighted by atomic mass is 79.9. The van der Waals surface area contributed by atoms with E-state index in [1.807, 2.05) is 18.2 Å². The van der Waals surface area contributed by atoms with Gasteiger partial charge in [0.15, 0.2) is 0 Å². The van der Waals surface area contributed by atoms with Gasteiger partial charge in [-0.15, -0.1) is 0 Å². The van der Waals surface area contributed by atoms with E-state index in [0.29, 0.717) is 11.4 Å². The van der Waals surface area contributed by atoms with Crippen LogP contribution in [0.1, 0.15) is 17.2 Å². The zero-order valence-electron chi connectivity index (χ0n) is 10.8. The van der Waals surface area contributed by atoms with Crippen molar-refractivity contribution in [3.63, 3.8) is 0 Å². The SMILES string of the molecule is CNC(Cc1ccccc1Cl)c1cc(F)c(Br)cc1F. The Labute approximate surface area is 130 Å². The van der Waals surface area contributed by atoms with Crippen LogP contribution >= 0.6 is 27.5 Å². The Bertz CT molecular complexity index is 619. The molecule has 2 aromatic rings. The molecule has 1 N–H and O–H groups in total. The smallest absolute Gasteiger partial charge is 0.137 e. The second-order valence-corrected chi connectivity index (χ2v) is 5.69. The molecule has 106 valence electrons. The van der Waals surface area contributed by atoms with Crippen molar-refractivity contribution >= 4 is 27.5 Å². The number of benzene rings is 2. The third-order valence-electron chi connectivity index (χ3n) is 3.15. The van der Waals surface area contributed by atoms with Crippen LogP contribution in [0.4, 0.5) is 8.78 Å². The maximum atomic E-state index is 14.0. The van der Waals surface area contributed by atoms with E-state index in [1.165, 1.54) is 6.07 Å². The van der Waals surface area contributed by atoms with E-state index in [1.54, 1.807) is 13.1 Å². The topological polar surface area (TPSA) is 12.0 Å². The van der Waals surface area contributed by atoms with Gasteiger partial charge in [0.05, 0.1) is 4.47 Å². The van der Waals surface area contributed by atoms with Crippen LogP contribution in [0.2, 0.25) is 5.02 Å². The van der Waals surface area contributed by atoms with Gasteiger partial charge in [-0.25, -0.2) is 8.78 Å². The third-order valence-corrected chi connectivity index (χ3v) is 4.12. The molecule has 2 rings (SSSR count). The van der Waals surface area contributed by atoms with Crippen LogP contribution in [-0.2, 0) is 6.42 Å². The number of hydrogen-bond acceptors (Lipinski definition) is 1. The second-order valence-electron chi connectivity index (χ2n) is 4.42. The Hall–Kier alpha value is -0.970. The molecule has 0 bridgehead atoms. The summed E-state index contributed by atoms with van der Waals surface area (Å²) in [5.74, 6) is -0.939. The molecule has 0 heterocycles. The minimum atomic E-state index is -0.485. The van der Waals surface area contributed by atoms with Crippen LogP contribution in [0.25, 0.3) is 0 Å². The molecule has 20 heavy (non-hydrogen) atoms. The highest BCUT2D eigenvalue weighted by Crippen LogP contribution is 2.28. The van der Waals surface area contributed by atoms with Crippen molar-refractivity contribution in [2.45, 2.75) is 12.5 Å². The molecule has 0 saturated heterocycles. The molecule has 1 unspecified atom stereocenters. The quantitative estimate of drug-likeness (QED) is 0.766. The molecule has 0 amide bonds. The largest absolute Gasteiger partial charge is 0.313 e. The summed E-state index contributed by atoms with van der Waals surface area (Å²) in [7, 11) is 1.71. The Kier molecular flexibility index (Phi) is 5.13. The van der Waals surface area contributed by atoms with Gasteiger partial charge in [-0.3, -0.25) is 0 Å². The van der Waals surface area contributed by atoms with Crippen LogP contribution in [0, 0.1) is 11.6 Å². The highest BCUT2D eigenvalue weighted by Gasteiger charge is 2.18. The molecule has 0 aliphatic heterocycles. The van der Waals surface area contributed by atoms with Crippen molar-refractivity contribution in [2.24, 2.45) is 0 Å². The summed E-state index contributed by atoms with van der Waals surface area (Å²) in [6.07, 6.45) is 0.480. The molecule has 0 radical (unpaired) electrons. The summed E-state index contributed by atoms with van der Waals surface area (Å²) in [6, 6.07) is 9.35. The second kappa shape index (κ2) is 6.66. The van der Waals surface area contributed by atoms with E-state index in [4.69, 9.17) is 11.6 Å². The van der Waals surface area contributed by atoms with Gasteiger partial charge in [0.25, 0.3) is 0 Å². The molecule has 1 atom stereocenters. The van der Waals surface area contributed by atoms with Gasteiger partial charge in [0, 0.05) is 16.6 Å². The fourth-order valence-electron chi connectivity index (χ4n) is 2.06. The maximum absolute atomic E-state index is 14.0. The summed E-state index contributed by atoms with van der Waals surface area (Å²) in [5, 5.41) is 3.62. The number of hydrogen-bond donors (Lipinski definition) is 1. The zero-order chi connectivity index (χ0) is 14.7. The molecular formula is C15H13BrClF2N. The summed E-state index contributed by atoms with van der Waals surface area (Å²) in [5.41, 5.74) is 1.17. The first-order valence-electron chi connectivity index (χ1n) is 6.08. The lowest BCUT2D eigenvalue weighted by atomic mass is 9.98. The van der Waals surface area contributed by atoms with Crippen LogP contribution < -0.4 is 5.32 Å². The lowest BCUT2D eigenvalue weighted by Gasteiger charge is -2.18. The number of rotatable bonds is 4. The Balaban J connectivity index is 2.34. The molecule has 5 heteroatoms. The molecule has 1 nitrogen and oxygen atoms in total. The van der Waals surface area contributed by atoms with Crippen molar-refractivity contribution in [3.05, 3.63) is 68.7 Å². The predicted molar refractivity (Wildman–Crippen MR) is 81.0 cm³/mol. The number of halogens is 4. The summed E-state index contributed by atoms with van der Waals surface area (Å²) >= 11 is 9.08. The Morgan fingerprint density at radius 3 is 2.55 bits per heavy atom. The van der Waals surface area contributed by atoms with Crippen LogP contribution in [-0.4, -0.2) is 7.05 Å². The first-order valence-corrected chi connectivity index (χ1v) is 7.25. The van der Waals surface area contributed by atoms with Crippen molar-refractivity contribution in [1.29, 1.82) is 0 Å². The van der Waals surface area contributed by atoms with Gasteiger partial charge in [0.1, 0.15) is 11.6 Å². The van der Waals surface area contributed by atoms with Crippen molar-refractivity contribution in [3.8, 4) is 0 Å². The van der Waals surface area contributed by atoms with E-state index in [2.05, 4.69) is 21.2 Å². The van der Waals surface area contributed by atoms with Gasteiger partial charge >= 0.3 is 0 Å². The number of nitrogens with one attached hydrogen (secondary N) is 1. The maximum Gasteiger partial charge on any atom is 0.137 e. The molecule has 0 spiro atoms. The molecule has 2 aromatic carbocycles. The summed E-state index contributed by atoms with van der Waals surface area (Å²) < 4.78 is 27.7. The minimum absolute atomic E-state index is 0.117. The molecular weight excluding hydrogens is 348 g/mol. The van der Waals surface area contributed by atoms with Crippen molar-refractivity contribution in [2.75, 3.05) is 7.05 Å². The summed E-state index contributed by atoms with van der Waals surface area (Å²) in [6.45, 7) is 0. The van der Waals surface area contributed by atoms with E-state index >= 15 is 0 Å². The highest BCUT2D eigenvalue weighted by molar-refractivity contribution is 9.10.